The first-order valence-corrected chi connectivity index (χ1v) is 9.66. The summed E-state index contributed by atoms with van der Waals surface area (Å²) in [5.41, 5.74) is 2.29. The SMILES string of the molecule is Cc1ccc(CN2CCN(C(=O)c3nn(C)c4ccc(F)cc4c3=O)CC2)cc1. The number of aromatic nitrogens is 2. The number of hydrogen-bond acceptors (Lipinski definition) is 4. The summed E-state index contributed by atoms with van der Waals surface area (Å²) in [4.78, 5) is 29.6. The summed E-state index contributed by atoms with van der Waals surface area (Å²) >= 11 is 0. The molecule has 0 unspecified atom stereocenters. The molecular formula is C22H23FN4O2. The number of amides is 1. The van der Waals surface area contributed by atoms with Crippen LogP contribution in [0.25, 0.3) is 10.9 Å². The molecule has 0 bridgehead atoms. The Balaban J connectivity index is 1.49. The Labute approximate surface area is 168 Å². The van der Waals surface area contributed by atoms with Gasteiger partial charge in [0.25, 0.3) is 5.91 Å². The van der Waals surface area contributed by atoms with Gasteiger partial charge in [0.1, 0.15) is 5.82 Å². The quantitative estimate of drug-likeness (QED) is 0.684. The van der Waals surface area contributed by atoms with Gasteiger partial charge in [-0.25, -0.2) is 4.39 Å². The molecule has 7 heteroatoms. The lowest BCUT2D eigenvalue weighted by atomic mass is 10.1. The second-order valence-corrected chi connectivity index (χ2v) is 7.52. The Kier molecular flexibility index (Phi) is 5.15. The van der Waals surface area contributed by atoms with Crippen LogP contribution in [0.3, 0.4) is 0 Å². The van der Waals surface area contributed by atoms with E-state index >= 15 is 0 Å². The maximum absolute atomic E-state index is 13.6. The lowest BCUT2D eigenvalue weighted by Gasteiger charge is -2.34. The molecule has 2 heterocycles. The molecule has 1 fully saturated rings. The van der Waals surface area contributed by atoms with E-state index in [2.05, 4.69) is 41.2 Å². The summed E-state index contributed by atoms with van der Waals surface area (Å²) in [6, 6.07) is 12.4. The minimum absolute atomic E-state index is 0.155. The van der Waals surface area contributed by atoms with Crippen molar-refractivity contribution in [2.45, 2.75) is 13.5 Å². The number of nitrogens with zero attached hydrogens (tertiary/aromatic N) is 4. The molecule has 0 saturated carbocycles. The third kappa shape index (κ3) is 3.91. The number of rotatable bonds is 3. The zero-order valence-corrected chi connectivity index (χ0v) is 16.6. The third-order valence-electron chi connectivity index (χ3n) is 5.41. The van der Waals surface area contributed by atoms with E-state index in [9.17, 15) is 14.0 Å². The van der Waals surface area contributed by atoms with E-state index < -0.39 is 17.2 Å². The predicted molar refractivity (Wildman–Crippen MR) is 109 cm³/mol. The minimum Gasteiger partial charge on any atom is -0.335 e. The highest BCUT2D eigenvalue weighted by atomic mass is 19.1. The number of fused-ring (bicyclic) bond motifs is 1. The van der Waals surface area contributed by atoms with E-state index in [1.807, 2.05) is 0 Å². The van der Waals surface area contributed by atoms with Crippen LogP contribution in [0.2, 0.25) is 0 Å². The number of benzene rings is 2. The first-order chi connectivity index (χ1) is 13.9. The summed E-state index contributed by atoms with van der Waals surface area (Å²) < 4.78 is 15.1. The Bertz CT molecular complexity index is 1120. The van der Waals surface area contributed by atoms with Gasteiger partial charge in [0.15, 0.2) is 5.69 Å². The van der Waals surface area contributed by atoms with Gasteiger partial charge >= 0.3 is 0 Å². The molecule has 1 aliphatic heterocycles. The second-order valence-electron chi connectivity index (χ2n) is 7.52. The zero-order valence-electron chi connectivity index (χ0n) is 16.6. The van der Waals surface area contributed by atoms with E-state index in [0.29, 0.717) is 18.6 Å². The summed E-state index contributed by atoms with van der Waals surface area (Å²) in [7, 11) is 1.65. The molecule has 0 N–H and O–H groups in total. The van der Waals surface area contributed by atoms with Gasteiger partial charge in [-0.2, -0.15) is 5.10 Å². The smallest absolute Gasteiger partial charge is 0.278 e. The Morgan fingerprint density at radius 3 is 2.45 bits per heavy atom. The zero-order chi connectivity index (χ0) is 20.5. The van der Waals surface area contributed by atoms with E-state index in [-0.39, 0.29) is 11.1 Å². The van der Waals surface area contributed by atoms with Crippen LogP contribution < -0.4 is 5.43 Å². The highest BCUT2D eigenvalue weighted by Crippen LogP contribution is 2.14. The number of piperazine rings is 1. The molecule has 1 amide bonds. The van der Waals surface area contributed by atoms with Gasteiger partial charge < -0.3 is 4.90 Å². The lowest BCUT2D eigenvalue weighted by molar-refractivity contribution is 0.0619. The fraction of sp³-hybridized carbons (Fsp3) is 0.318. The summed E-state index contributed by atoms with van der Waals surface area (Å²) in [5, 5.41) is 4.35. The predicted octanol–water partition coefficient (Wildman–Crippen LogP) is 2.34. The minimum atomic E-state index is -0.523. The lowest BCUT2D eigenvalue weighted by Crippen LogP contribution is -2.49. The maximum atomic E-state index is 13.6. The van der Waals surface area contributed by atoms with Crippen molar-refractivity contribution in [2.24, 2.45) is 7.05 Å². The van der Waals surface area contributed by atoms with Gasteiger partial charge in [-0.1, -0.05) is 29.8 Å². The topological polar surface area (TPSA) is 58.4 Å². The number of aryl methyl sites for hydroxylation is 2. The third-order valence-corrected chi connectivity index (χ3v) is 5.41. The monoisotopic (exact) mass is 394 g/mol. The number of halogens is 1. The van der Waals surface area contributed by atoms with Crippen molar-refractivity contribution in [1.29, 1.82) is 0 Å². The molecule has 4 rings (SSSR count). The fourth-order valence-electron chi connectivity index (χ4n) is 3.70. The van der Waals surface area contributed by atoms with Crippen LogP contribution in [0.1, 0.15) is 21.6 Å². The largest absolute Gasteiger partial charge is 0.335 e. The summed E-state index contributed by atoms with van der Waals surface area (Å²) in [6.07, 6.45) is 0. The van der Waals surface area contributed by atoms with Crippen LogP contribution in [-0.2, 0) is 13.6 Å². The van der Waals surface area contributed by atoms with Crippen molar-refractivity contribution >= 4 is 16.8 Å². The highest BCUT2D eigenvalue weighted by Gasteiger charge is 2.26. The van der Waals surface area contributed by atoms with E-state index in [4.69, 9.17) is 0 Å². The molecule has 0 radical (unpaired) electrons. The van der Waals surface area contributed by atoms with Gasteiger partial charge in [0, 0.05) is 39.8 Å². The number of carbonyl (C=O) groups excluding carboxylic acids is 1. The number of carbonyl (C=O) groups is 1. The molecule has 29 heavy (non-hydrogen) atoms. The molecule has 1 aliphatic rings. The van der Waals surface area contributed by atoms with Crippen LogP contribution in [0.4, 0.5) is 4.39 Å². The van der Waals surface area contributed by atoms with E-state index in [1.165, 1.54) is 27.9 Å². The molecule has 2 aromatic carbocycles. The molecule has 150 valence electrons. The van der Waals surface area contributed by atoms with Crippen molar-refractivity contribution < 1.29 is 9.18 Å². The maximum Gasteiger partial charge on any atom is 0.278 e. The van der Waals surface area contributed by atoms with Crippen LogP contribution in [0.15, 0.2) is 47.3 Å². The molecule has 6 nitrogen and oxygen atoms in total. The van der Waals surface area contributed by atoms with Crippen molar-refractivity contribution in [1.82, 2.24) is 19.6 Å². The molecule has 1 saturated heterocycles. The molecular weight excluding hydrogens is 371 g/mol. The standard InChI is InChI=1S/C22H23FN4O2/c1-15-3-5-16(6-4-15)14-26-9-11-27(12-10-26)22(29)20-21(28)18-13-17(23)7-8-19(18)25(2)24-20/h3-8,13H,9-12,14H2,1-2H3. The number of hydrogen-bond donors (Lipinski definition) is 0. The van der Waals surface area contributed by atoms with Crippen molar-refractivity contribution in [2.75, 3.05) is 26.2 Å². The normalized spacial score (nSPS) is 15.1. The molecule has 3 aromatic rings. The first kappa shape index (κ1) is 19.3. The van der Waals surface area contributed by atoms with Gasteiger partial charge in [-0.3, -0.25) is 19.2 Å². The van der Waals surface area contributed by atoms with Crippen molar-refractivity contribution in [3.8, 4) is 0 Å². The average Bonchev–Trinajstić information content (AvgIpc) is 2.72. The van der Waals surface area contributed by atoms with Crippen LogP contribution in [-0.4, -0.2) is 51.7 Å². The Morgan fingerprint density at radius 2 is 1.76 bits per heavy atom. The van der Waals surface area contributed by atoms with Gasteiger partial charge in [-0.05, 0) is 30.7 Å². The average molecular weight is 394 g/mol. The molecule has 0 aliphatic carbocycles. The van der Waals surface area contributed by atoms with E-state index in [0.717, 1.165) is 25.7 Å². The Morgan fingerprint density at radius 1 is 1.07 bits per heavy atom. The van der Waals surface area contributed by atoms with E-state index in [1.54, 1.807) is 11.9 Å². The van der Waals surface area contributed by atoms with Gasteiger partial charge in [0.2, 0.25) is 5.43 Å². The Hall–Kier alpha value is -3.06. The van der Waals surface area contributed by atoms with Crippen LogP contribution in [0.5, 0.6) is 0 Å². The summed E-state index contributed by atoms with van der Waals surface area (Å²) in [6.45, 7) is 5.39. The highest BCUT2D eigenvalue weighted by molar-refractivity contribution is 5.95. The molecule has 0 spiro atoms. The second kappa shape index (κ2) is 7.75. The van der Waals surface area contributed by atoms with Gasteiger partial charge in [-0.15, -0.1) is 0 Å². The molecule has 0 atom stereocenters. The summed E-state index contributed by atoms with van der Waals surface area (Å²) in [5.74, 6) is -0.907. The van der Waals surface area contributed by atoms with Crippen molar-refractivity contribution in [3.05, 3.63) is 75.3 Å². The fourth-order valence-corrected chi connectivity index (χ4v) is 3.70. The van der Waals surface area contributed by atoms with Gasteiger partial charge in [0.05, 0.1) is 10.9 Å². The first-order valence-electron chi connectivity index (χ1n) is 9.66. The van der Waals surface area contributed by atoms with Crippen LogP contribution >= 0.6 is 0 Å². The van der Waals surface area contributed by atoms with Crippen LogP contribution in [0, 0.1) is 12.7 Å². The molecule has 1 aromatic heterocycles. The van der Waals surface area contributed by atoms with Crippen molar-refractivity contribution in [3.63, 3.8) is 0 Å².